The number of ether oxygens (including phenoxy) is 3. The monoisotopic (exact) mass is 1150 g/mol. The van der Waals surface area contributed by atoms with Crippen molar-refractivity contribution >= 4 is 17.9 Å². The molecule has 0 amide bonds. The topological polar surface area (TPSA) is 78.9 Å². The van der Waals surface area contributed by atoms with Gasteiger partial charge in [-0.25, -0.2) is 0 Å². The minimum absolute atomic E-state index is 0.0670. The van der Waals surface area contributed by atoms with Gasteiger partial charge in [-0.1, -0.05) is 360 Å². The minimum atomic E-state index is -0.770. The lowest BCUT2D eigenvalue weighted by atomic mass is 10.0. The van der Waals surface area contributed by atoms with Crippen molar-refractivity contribution in [3.8, 4) is 0 Å². The van der Waals surface area contributed by atoms with Gasteiger partial charge < -0.3 is 14.2 Å². The fourth-order valence-electron chi connectivity index (χ4n) is 11.6. The smallest absolute Gasteiger partial charge is 0.306 e. The van der Waals surface area contributed by atoms with Crippen molar-refractivity contribution in [3.63, 3.8) is 0 Å². The lowest BCUT2D eigenvalue weighted by Crippen LogP contribution is -2.30. The first kappa shape index (κ1) is 79.9. The zero-order valence-corrected chi connectivity index (χ0v) is 55.8. The quantitative estimate of drug-likeness (QED) is 0.0261. The molecule has 1 atom stereocenters. The molecule has 0 saturated carbocycles. The second-order valence-electron chi connectivity index (χ2n) is 25.6. The van der Waals surface area contributed by atoms with Crippen LogP contribution in [0.4, 0.5) is 0 Å². The maximum absolute atomic E-state index is 12.9. The van der Waals surface area contributed by atoms with E-state index in [1.165, 1.54) is 321 Å². The van der Waals surface area contributed by atoms with Crippen LogP contribution in [0.1, 0.15) is 425 Å². The van der Waals surface area contributed by atoms with Crippen LogP contribution in [0.15, 0.2) is 24.3 Å². The normalized spacial score (nSPS) is 12.1. The SMILES string of the molecule is CCCCC/C=C\CCCCCCCC(=O)OCC(COC(=O)CCCCCCCCCCCCCCCCCCCCCCCCC/C=C\CCCCCCCCCC)OC(=O)CCCCCCCCCCCCCCCCCCC. The number of carbonyl (C=O) groups excluding carboxylic acids is 3. The highest BCUT2D eigenvalue weighted by atomic mass is 16.6. The molecule has 0 spiro atoms. The van der Waals surface area contributed by atoms with Crippen molar-refractivity contribution in [2.45, 2.75) is 431 Å². The van der Waals surface area contributed by atoms with Gasteiger partial charge in [0.05, 0.1) is 0 Å². The van der Waals surface area contributed by atoms with Gasteiger partial charge in [0.25, 0.3) is 0 Å². The lowest BCUT2D eigenvalue weighted by molar-refractivity contribution is -0.167. The fourth-order valence-corrected chi connectivity index (χ4v) is 11.6. The summed E-state index contributed by atoms with van der Waals surface area (Å²) in [6.07, 6.45) is 88.2. The Balaban J connectivity index is 4.03. The number of esters is 3. The number of hydrogen-bond donors (Lipinski definition) is 0. The third-order valence-electron chi connectivity index (χ3n) is 17.2. The van der Waals surface area contributed by atoms with Crippen LogP contribution >= 0.6 is 0 Å². The highest BCUT2D eigenvalue weighted by Crippen LogP contribution is 2.19. The Bertz CT molecular complexity index is 1320. The molecule has 0 saturated heterocycles. The molecule has 0 aromatic rings. The molecule has 6 nitrogen and oxygen atoms in total. The van der Waals surface area contributed by atoms with Crippen LogP contribution in [-0.4, -0.2) is 37.2 Å². The van der Waals surface area contributed by atoms with Crippen LogP contribution in [0.25, 0.3) is 0 Å². The standard InChI is InChI=1S/C76H144O6/c1-4-7-10-13-16-19-22-25-27-29-30-31-32-33-34-35-36-37-38-39-40-41-42-43-44-45-46-48-49-51-54-57-60-63-66-69-75(78)81-72-73(71-80-74(77)68-65-62-59-56-53-24-21-18-15-12-9-6-3)82-76(79)70-67-64-61-58-55-52-50-47-28-26-23-20-17-14-11-8-5-2/h18,21,29-30,73H,4-17,19-20,22-28,31-72H2,1-3H3/b21-18-,30-29-. The Morgan fingerprint density at radius 2 is 0.402 bits per heavy atom. The molecule has 6 heteroatoms. The van der Waals surface area contributed by atoms with Gasteiger partial charge in [0, 0.05) is 19.3 Å². The fraction of sp³-hybridized carbons (Fsp3) is 0.908. The first-order valence-electron chi connectivity index (χ1n) is 37.3. The van der Waals surface area contributed by atoms with Crippen LogP contribution < -0.4 is 0 Å². The Morgan fingerprint density at radius 3 is 0.634 bits per heavy atom. The molecule has 0 rings (SSSR count). The van der Waals surface area contributed by atoms with E-state index in [2.05, 4.69) is 45.1 Å². The first-order chi connectivity index (χ1) is 40.5. The molecule has 82 heavy (non-hydrogen) atoms. The Labute approximate surface area is 513 Å². The van der Waals surface area contributed by atoms with E-state index in [4.69, 9.17) is 14.2 Å². The summed E-state index contributed by atoms with van der Waals surface area (Å²) in [6, 6.07) is 0. The predicted molar refractivity (Wildman–Crippen MR) is 358 cm³/mol. The molecule has 1 unspecified atom stereocenters. The lowest BCUT2D eigenvalue weighted by Gasteiger charge is -2.18. The predicted octanol–water partition coefficient (Wildman–Crippen LogP) is 25.7. The summed E-state index contributed by atoms with van der Waals surface area (Å²) in [7, 11) is 0. The van der Waals surface area contributed by atoms with E-state index < -0.39 is 6.10 Å². The molecular weight excluding hydrogens is 1010 g/mol. The van der Waals surface area contributed by atoms with Gasteiger partial charge in [0.1, 0.15) is 13.2 Å². The van der Waals surface area contributed by atoms with E-state index in [1.807, 2.05) is 0 Å². The summed E-state index contributed by atoms with van der Waals surface area (Å²) >= 11 is 0. The molecule has 0 N–H and O–H groups in total. The third kappa shape index (κ3) is 68.7. The maximum Gasteiger partial charge on any atom is 0.306 e. The van der Waals surface area contributed by atoms with Crippen molar-refractivity contribution in [2.75, 3.05) is 13.2 Å². The van der Waals surface area contributed by atoms with Crippen LogP contribution in [-0.2, 0) is 28.6 Å². The highest BCUT2D eigenvalue weighted by Gasteiger charge is 2.20. The summed E-state index contributed by atoms with van der Waals surface area (Å²) in [4.78, 5) is 38.4. The van der Waals surface area contributed by atoms with E-state index in [9.17, 15) is 14.4 Å². The molecule has 0 aromatic carbocycles. The largest absolute Gasteiger partial charge is 0.462 e. The Morgan fingerprint density at radius 1 is 0.232 bits per heavy atom. The second kappa shape index (κ2) is 71.4. The van der Waals surface area contributed by atoms with Crippen molar-refractivity contribution in [2.24, 2.45) is 0 Å². The molecule has 0 radical (unpaired) electrons. The molecule has 0 bridgehead atoms. The molecule has 0 aliphatic rings. The molecule has 0 aliphatic heterocycles. The van der Waals surface area contributed by atoms with Crippen LogP contribution in [0.5, 0.6) is 0 Å². The number of allylic oxidation sites excluding steroid dienone is 4. The van der Waals surface area contributed by atoms with Crippen LogP contribution in [0, 0.1) is 0 Å². The summed E-state index contributed by atoms with van der Waals surface area (Å²) < 4.78 is 17.0. The average molecular weight is 1150 g/mol. The summed E-state index contributed by atoms with van der Waals surface area (Å²) in [6.45, 7) is 6.69. The van der Waals surface area contributed by atoms with Crippen molar-refractivity contribution < 1.29 is 28.6 Å². The van der Waals surface area contributed by atoms with Gasteiger partial charge in [-0.3, -0.25) is 14.4 Å². The zero-order valence-electron chi connectivity index (χ0n) is 55.8. The van der Waals surface area contributed by atoms with Gasteiger partial charge in [-0.2, -0.15) is 0 Å². The van der Waals surface area contributed by atoms with Gasteiger partial charge in [0.2, 0.25) is 0 Å². The first-order valence-corrected chi connectivity index (χ1v) is 37.3. The summed E-state index contributed by atoms with van der Waals surface area (Å²) in [5.41, 5.74) is 0. The van der Waals surface area contributed by atoms with Crippen LogP contribution in [0.2, 0.25) is 0 Å². The van der Waals surface area contributed by atoms with Gasteiger partial charge in [0.15, 0.2) is 6.10 Å². The number of rotatable bonds is 70. The van der Waals surface area contributed by atoms with Gasteiger partial charge >= 0.3 is 17.9 Å². The molecule has 0 aliphatic carbocycles. The highest BCUT2D eigenvalue weighted by molar-refractivity contribution is 5.71. The zero-order chi connectivity index (χ0) is 59.2. The number of carbonyl (C=O) groups is 3. The minimum Gasteiger partial charge on any atom is -0.462 e. The van der Waals surface area contributed by atoms with Crippen molar-refractivity contribution in [1.29, 1.82) is 0 Å². The van der Waals surface area contributed by atoms with E-state index >= 15 is 0 Å². The summed E-state index contributed by atoms with van der Waals surface area (Å²) in [5.74, 6) is -0.844. The van der Waals surface area contributed by atoms with E-state index in [0.717, 1.165) is 64.2 Å². The second-order valence-corrected chi connectivity index (χ2v) is 25.6. The van der Waals surface area contributed by atoms with Crippen molar-refractivity contribution in [3.05, 3.63) is 24.3 Å². The number of unbranched alkanes of at least 4 members (excludes halogenated alkanes) is 55. The Hall–Kier alpha value is -2.11. The summed E-state index contributed by atoms with van der Waals surface area (Å²) in [5, 5.41) is 0. The molecule has 484 valence electrons. The van der Waals surface area contributed by atoms with E-state index in [1.54, 1.807) is 0 Å². The molecule has 0 heterocycles. The van der Waals surface area contributed by atoms with E-state index in [0.29, 0.717) is 19.3 Å². The maximum atomic E-state index is 12.9. The average Bonchev–Trinajstić information content (AvgIpc) is 3.47. The third-order valence-corrected chi connectivity index (χ3v) is 17.2. The van der Waals surface area contributed by atoms with Gasteiger partial charge in [-0.15, -0.1) is 0 Å². The number of hydrogen-bond acceptors (Lipinski definition) is 6. The molecule has 0 fully saturated rings. The molecule has 0 aromatic heterocycles. The van der Waals surface area contributed by atoms with E-state index in [-0.39, 0.29) is 31.1 Å². The molecular formula is C76H144O6. The van der Waals surface area contributed by atoms with Crippen LogP contribution in [0.3, 0.4) is 0 Å². The van der Waals surface area contributed by atoms with Crippen molar-refractivity contribution in [1.82, 2.24) is 0 Å². The van der Waals surface area contributed by atoms with Gasteiger partial charge in [-0.05, 0) is 70.6 Å². The Kier molecular flexibility index (Phi) is 69.5.